The molecule has 0 saturated heterocycles. The highest BCUT2D eigenvalue weighted by Gasteiger charge is 2.16. The first-order chi connectivity index (χ1) is 6.77. The number of benzene rings is 1. The minimum Gasteiger partial charge on any atom is -0.507 e. The maximum Gasteiger partial charge on any atom is 0.278 e. The van der Waals surface area contributed by atoms with Crippen molar-refractivity contribution in [1.82, 2.24) is 5.43 Å². The zero-order valence-electron chi connectivity index (χ0n) is 7.23. The fourth-order valence-electron chi connectivity index (χ4n) is 1.10. The molecule has 0 aromatic heterocycles. The summed E-state index contributed by atoms with van der Waals surface area (Å²) >= 11 is 0. The van der Waals surface area contributed by atoms with Crippen molar-refractivity contribution in [2.45, 2.75) is 0 Å². The molecule has 0 spiro atoms. The number of hydrogen-bond acceptors (Lipinski definition) is 4. The van der Waals surface area contributed by atoms with Crippen LogP contribution in [0.2, 0.25) is 0 Å². The van der Waals surface area contributed by atoms with Crippen LogP contribution in [0.25, 0.3) is 0 Å². The second kappa shape index (κ2) is 3.37. The van der Waals surface area contributed by atoms with Gasteiger partial charge < -0.3 is 9.84 Å². The number of hydrogen-bond donors (Lipinski definition) is 2. The fraction of sp³-hybridized carbons (Fsp3) is 0.111. The van der Waals surface area contributed by atoms with Crippen molar-refractivity contribution in [3.8, 4) is 5.75 Å². The Morgan fingerprint density at radius 1 is 1.43 bits per heavy atom. The first-order valence-corrected chi connectivity index (χ1v) is 4.05. The predicted molar refractivity (Wildman–Crippen MR) is 48.7 cm³/mol. The maximum atomic E-state index is 10.7. The van der Waals surface area contributed by atoms with E-state index in [1.165, 1.54) is 6.07 Å². The molecule has 14 heavy (non-hydrogen) atoms. The molecule has 0 bridgehead atoms. The van der Waals surface area contributed by atoms with Crippen LogP contribution in [-0.4, -0.2) is 23.5 Å². The lowest BCUT2D eigenvalue weighted by Crippen LogP contribution is -2.32. The zero-order chi connectivity index (χ0) is 9.97. The molecule has 2 rings (SSSR count). The molecule has 0 unspecified atom stereocenters. The Labute approximate surface area is 80.0 Å². The summed E-state index contributed by atoms with van der Waals surface area (Å²) in [7, 11) is 0. The first-order valence-electron chi connectivity index (χ1n) is 4.05. The number of para-hydroxylation sites is 1. The summed E-state index contributed by atoms with van der Waals surface area (Å²) in [5.74, 6) is -0.00531. The summed E-state index contributed by atoms with van der Waals surface area (Å²) in [5.41, 5.74) is 2.74. The van der Waals surface area contributed by atoms with Crippen molar-refractivity contribution in [2.24, 2.45) is 5.10 Å². The van der Waals surface area contributed by atoms with Crippen molar-refractivity contribution < 1.29 is 14.6 Å². The number of carbonyl (C=O) groups is 1. The minimum absolute atomic E-state index is 0.0717. The third-order valence-electron chi connectivity index (χ3n) is 1.76. The number of phenols is 1. The van der Waals surface area contributed by atoms with Gasteiger partial charge in [0.2, 0.25) is 5.90 Å². The Hall–Kier alpha value is -2.04. The summed E-state index contributed by atoms with van der Waals surface area (Å²) in [6, 6.07) is 6.63. The Morgan fingerprint density at radius 3 is 2.86 bits per heavy atom. The lowest BCUT2D eigenvalue weighted by atomic mass is 10.2. The van der Waals surface area contributed by atoms with E-state index in [-0.39, 0.29) is 24.2 Å². The summed E-state index contributed by atoms with van der Waals surface area (Å²) in [6.45, 7) is -0.0762. The third kappa shape index (κ3) is 1.52. The van der Waals surface area contributed by atoms with Gasteiger partial charge in [-0.05, 0) is 12.1 Å². The van der Waals surface area contributed by atoms with Crippen LogP contribution in [-0.2, 0) is 9.53 Å². The van der Waals surface area contributed by atoms with E-state index < -0.39 is 0 Å². The van der Waals surface area contributed by atoms with Gasteiger partial charge in [0.1, 0.15) is 5.75 Å². The monoisotopic (exact) mass is 192 g/mol. The van der Waals surface area contributed by atoms with Crippen molar-refractivity contribution in [1.29, 1.82) is 0 Å². The molecule has 1 aliphatic heterocycles. The number of amides is 1. The number of aromatic hydroxyl groups is 1. The van der Waals surface area contributed by atoms with Crippen LogP contribution in [0.1, 0.15) is 5.56 Å². The van der Waals surface area contributed by atoms with Gasteiger partial charge in [-0.3, -0.25) is 4.79 Å². The molecular formula is C9H8N2O3. The smallest absolute Gasteiger partial charge is 0.278 e. The maximum absolute atomic E-state index is 10.7. The van der Waals surface area contributed by atoms with E-state index in [4.69, 9.17) is 4.74 Å². The van der Waals surface area contributed by atoms with Crippen LogP contribution in [0, 0.1) is 0 Å². The highest BCUT2D eigenvalue weighted by molar-refractivity contribution is 5.99. The Morgan fingerprint density at radius 2 is 2.21 bits per heavy atom. The van der Waals surface area contributed by atoms with Gasteiger partial charge in [0, 0.05) is 0 Å². The molecule has 1 aromatic rings. The third-order valence-corrected chi connectivity index (χ3v) is 1.76. The number of carbonyl (C=O) groups excluding carboxylic acids is 1. The number of nitrogens with zero attached hydrogens (tertiary/aromatic N) is 1. The van der Waals surface area contributed by atoms with Crippen molar-refractivity contribution in [2.75, 3.05) is 6.61 Å². The molecule has 2 N–H and O–H groups in total. The van der Waals surface area contributed by atoms with Gasteiger partial charge in [-0.1, -0.05) is 12.1 Å². The van der Waals surface area contributed by atoms with Crippen LogP contribution in [0.3, 0.4) is 0 Å². The van der Waals surface area contributed by atoms with Gasteiger partial charge in [0.15, 0.2) is 6.61 Å². The van der Waals surface area contributed by atoms with Gasteiger partial charge in [-0.25, -0.2) is 5.43 Å². The van der Waals surface area contributed by atoms with Crippen LogP contribution >= 0.6 is 0 Å². The molecule has 0 atom stereocenters. The highest BCUT2D eigenvalue weighted by atomic mass is 16.5. The van der Waals surface area contributed by atoms with E-state index in [2.05, 4.69) is 10.5 Å². The topological polar surface area (TPSA) is 70.9 Å². The second-order valence-corrected chi connectivity index (χ2v) is 2.76. The Bertz CT molecular complexity index is 401. The van der Waals surface area contributed by atoms with E-state index in [0.29, 0.717) is 5.56 Å². The second-order valence-electron chi connectivity index (χ2n) is 2.76. The van der Waals surface area contributed by atoms with Crippen LogP contribution in [0.5, 0.6) is 5.75 Å². The first kappa shape index (κ1) is 8.55. The molecule has 1 amide bonds. The standard InChI is InChI=1S/C9H8N2O3/c12-7-4-2-1-3-6(7)9-11-10-8(13)5-14-9/h1-4,12H,5H2,(H,10,13). The molecule has 0 saturated carbocycles. The molecule has 5 nitrogen and oxygen atoms in total. The molecule has 1 aliphatic rings. The molecule has 72 valence electrons. The zero-order valence-corrected chi connectivity index (χ0v) is 7.23. The van der Waals surface area contributed by atoms with E-state index in [9.17, 15) is 9.90 Å². The Balaban J connectivity index is 2.32. The van der Waals surface area contributed by atoms with E-state index >= 15 is 0 Å². The molecular weight excluding hydrogens is 184 g/mol. The lowest BCUT2D eigenvalue weighted by Gasteiger charge is -2.13. The van der Waals surface area contributed by atoms with Crippen molar-refractivity contribution >= 4 is 11.8 Å². The van der Waals surface area contributed by atoms with Gasteiger partial charge in [-0.15, -0.1) is 5.10 Å². The van der Waals surface area contributed by atoms with E-state index in [1.807, 2.05) is 0 Å². The Kier molecular flexibility index (Phi) is 2.06. The number of nitrogens with one attached hydrogen (secondary N) is 1. The fourth-order valence-corrected chi connectivity index (χ4v) is 1.10. The minimum atomic E-state index is -0.302. The van der Waals surface area contributed by atoms with Gasteiger partial charge in [0.05, 0.1) is 5.56 Å². The summed E-state index contributed by atoms with van der Waals surface area (Å²) < 4.78 is 5.04. The van der Waals surface area contributed by atoms with Gasteiger partial charge in [0.25, 0.3) is 5.91 Å². The summed E-state index contributed by atoms with van der Waals surface area (Å²) in [6.07, 6.45) is 0. The lowest BCUT2D eigenvalue weighted by molar-refractivity contribution is -0.124. The summed E-state index contributed by atoms with van der Waals surface area (Å²) in [5, 5.41) is 13.1. The number of hydrazone groups is 1. The van der Waals surface area contributed by atoms with E-state index in [0.717, 1.165) is 0 Å². The molecule has 0 aliphatic carbocycles. The predicted octanol–water partition coefficient (Wildman–Crippen LogP) is 0.200. The van der Waals surface area contributed by atoms with E-state index in [1.54, 1.807) is 18.2 Å². The largest absolute Gasteiger partial charge is 0.507 e. The quantitative estimate of drug-likeness (QED) is 0.667. The highest BCUT2D eigenvalue weighted by Crippen LogP contribution is 2.17. The van der Waals surface area contributed by atoms with Crippen molar-refractivity contribution in [3.05, 3.63) is 29.8 Å². The molecule has 1 aromatic carbocycles. The summed E-state index contributed by atoms with van der Waals surface area (Å²) in [4.78, 5) is 10.7. The number of ether oxygens (including phenoxy) is 1. The van der Waals surface area contributed by atoms with Crippen molar-refractivity contribution in [3.63, 3.8) is 0 Å². The number of phenolic OH excluding ortho intramolecular Hbond substituents is 1. The molecule has 1 heterocycles. The molecule has 0 radical (unpaired) electrons. The molecule has 0 fully saturated rings. The van der Waals surface area contributed by atoms with Crippen LogP contribution < -0.4 is 5.43 Å². The van der Waals surface area contributed by atoms with Crippen LogP contribution in [0.4, 0.5) is 0 Å². The average Bonchev–Trinajstić information content (AvgIpc) is 2.20. The SMILES string of the molecule is O=C1COC(c2ccccc2O)=NN1. The van der Waals surface area contributed by atoms with Gasteiger partial charge in [-0.2, -0.15) is 0 Å². The normalized spacial score (nSPS) is 15.4. The molecule has 5 heteroatoms. The average molecular weight is 192 g/mol. The van der Waals surface area contributed by atoms with Gasteiger partial charge >= 0.3 is 0 Å². The van der Waals surface area contributed by atoms with Crippen LogP contribution in [0.15, 0.2) is 29.4 Å². The number of rotatable bonds is 1.